The smallest absolute Gasteiger partial charge is 0.260 e. The van der Waals surface area contributed by atoms with Gasteiger partial charge in [0.25, 0.3) is 11.8 Å². The first-order valence-electron chi connectivity index (χ1n) is 19.0. The van der Waals surface area contributed by atoms with Crippen LogP contribution in [0.25, 0.3) is 6.08 Å². The van der Waals surface area contributed by atoms with E-state index in [4.69, 9.17) is 37.4 Å². The lowest BCUT2D eigenvalue weighted by Crippen LogP contribution is -2.54. The lowest BCUT2D eigenvalue weighted by Gasteiger charge is -2.49. The van der Waals surface area contributed by atoms with Crippen molar-refractivity contribution in [1.29, 1.82) is 0 Å². The minimum absolute atomic E-state index is 0.131. The predicted molar refractivity (Wildman–Crippen MR) is 210 cm³/mol. The summed E-state index contributed by atoms with van der Waals surface area (Å²) in [5.74, 6) is -3.94. The average Bonchev–Trinajstić information content (AvgIpc) is 3.59. The molecule has 0 unspecified atom stereocenters. The van der Waals surface area contributed by atoms with E-state index in [-0.39, 0.29) is 46.5 Å². The summed E-state index contributed by atoms with van der Waals surface area (Å²) in [7, 11) is 4.43. The summed E-state index contributed by atoms with van der Waals surface area (Å²) in [6.45, 7) is 0. The van der Waals surface area contributed by atoms with Crippen LogP contribution >= 0.6 is 23.2 Å². The summed E-state index contributed by atoms with van der Waals surface area (Å²) in [5, 5.41) is 12.3. The number of likely N-dealkylation sites (tertiary alicyclic amines) is 1. The van der Waals surface area contributed by atoms with Gasteiger partial charge >= 0.3 is 0 Å². The van der Waals surface area contributed by atoms with Crippen LogP contribution in [0.2, 0.25) is 10.0 Å². The summed E-state index contributed by atoms with van der Waals surface area (Å²) in [4.78, 5) is 60.6. The van der Waals surface area contributed by atoms with Gasteiger partial charge < -0.3 is 19.3 Å². The van der Waals surface area contributed by atoms with Gasteiger partial charge in [-0.15, -0.1) is 0 Å². The number of amides is 4. The lowest BCUT2D eigenvalue weighted by atomic mass is 9.50. The Morgan fingerprint density at radius 3 is 2.18 bits per heavy atom. The van der Waals surface area contributed by atoms with E-state index in [2.05, 4.69) is 5.43 Å². The lowest BCUT2D eigenvalue weighted by molar-refractivity contribution is -0.144. The van der Waals surface area contributed by atoms with Gasteiger partial charge in [0.2, 0.25) is 17.6 Å². The van der Waals surface area contributed by atoms with E-state index in [1.807, 2.05) is 30.4 Å². The fourth-order valence-corrected chi connectivity index (χ4v) is 10.5. The van der Waals surface area contributed by atoms with Crippen LogP contribution < -0.4 is 19.6 Å². The summed E-state index contributed by atoms with van der Waals surface area (Å²) in [5.41, 5.74) is 3.85. The maximum atomic E-state index is 15.4. The number of nitrogens with zero attached hydrogens (tertiary/aromatic N) is 2. The third kappa shape index (κ3) is 5.93. The van der Waals surface area contributed by atoms with Crippen molar-refractivity contribution in [3.05, 3.63) is 93.5 Å². The van der Waals surface area contributed by atoms with Crippen molar-refractivity contribution in [2.45, 2.75) is 56.4 Å². The summed E-state index contributed by atoms with van der Waals surface area (Å²) in [6, 6.07) is 15.1. The number of carbonyl (C=O) groups is 4. The number of allylic oxidation sites excluding steroid dienone is 3. The highest BCUT2D eigenvalue weighted by Crippen LogP contribution is 2.62. The van der Waals surface area contributed by atoms with Gasteiger partial charge in [0, 0.05) is 17.0 Å². The molecule has 4 amide bonds. The number of fused-ring (bicyclic) bond motifs is 4. The van der Waals surface area contributed by atoms with Crippen molar-refractivity contribution < 1.29 is 38.5 Å². The van der Waals surface area contributed by atoms with Crippen LogP contribution in [0.3, 0.4) is 0 Å². The summed E-state index contributed by atoms with van der Waals surface area (Å²) < 4.78 is 16.4. The number of hydrogen-bond acceptors (Lipinski definition) is 9. The number of anilines is 1. The van der Waals surface area contributed by atoms with E-state index >= 15 is 4.79 Å². The zero-order valence-corrected chi connectivity index (χ0v) is 32.8. The van der Waals surface area contributed by atoms with Crippen LogP contribution in [0.4, 0.5) is 5.69 Å². The zero-order valence-electron chi connectivity index (χ0n) is 31.3. The van der Waals surface area contributed by atoms with E-state index in [1.165, 1.54) is 25.2 Å². The van der Waals surface area contributed by atoms with E-state index < -0.39 is 46.8 Å². The SMILES string of the molecule is COc1ccc([C@@]23C(=O)N(Nc4ccc(Cl)cc4Cl)C(=O)[C@@H]2C[C@@H]2C(=CC[C@@H]4C(=O)N(C5CCCCC5)C(=O)[C@@H]42)[C@@H]3C=Cc2cc(OC)c(O)c(OC)c2)cc1. The molecule has 56 heavy (non-hydrogen) atoms. The number of carbonyl (C=O) groups excluding carboxylic acids is 4. The second kappa shape index (κ2) is 14.8. The first-order chi connectivity index (χ1) is 27.0. The first-order valence-corrected chi connectivity index (χ1v) is 19.7. The third-order valence-corrected chi connectivity index (χ3v) is 13.1. The number of phenols is 1. The van der Waals surface area contributed by atoms with E-state index in [0.717, 1.165) is 42.7 Å². The molecule has 2 saturated heterocycles. The number of halogens is 2. The average molecular weight is 801 g/mol. The van der Waals surface area contributed by atoms with Gasteiger partial charge in [0.15, 0.2) is 11.5 Å². The van der Waals surface area contributed by atoms with Crippen molar-refractivity contribution in [2.75, 3.05) is 26.8 Å². The predicted octanol–water partition coefficient (Wildman–Crippen LogP) is 7.59. The summed E-state index contributed by atoms with van der Waals surface area (Å²) in [6.07, 6.45) is 10.8. The molecule has 4 fully saturated rings. The van der Waals surface area contributed by atoms with Gasteiger partial charge in [-0.3, -0.25) is 29.5 Å². The van der Waals surface area contributed by atoms with Crippen molar-refractivity contribution in [3.8, 4) is 23.0 Å². The molecule has 0 bridgehead atoms. The van der Waals surface area contributed by atoms with Crippen LogP contribution in [-0.4, -0.2) is 66.0 Å². The second-order valence-corrected chi connectivity index (χ2v) is 16.1. The molecule has 0 spiro atoms. The Balaban J connectivity index is 1.31. The maximum Gasteiger partial charge on any atom is 0.260 e. The van der Waals surface area contributed by atoms with Crippen LogP contribution in [-0.2, 0) is 24.6 Å². The number of aromatic hydroxyl groups is 1. The number of phenolic OH excluding ortho intramolecular Hbond substituents is 1. The first kappa shape index (κ1) is 37.9. The molecule has 13 heteroatoms. The maximum absolute atomic E-state index is 15.4. The largest absolute Gasteiger partial charge is 0.502 e. The Morgan fingerprint density at radius 1 is 0.839 bits per heavy atom. The highest BCUT2D eigenvalue weighted by Gasteiger charge is 2.69. The molecule has 2 saturated carbocycles. The van der Waals surface area contributed by atoms with E-state index in [0.29, 0.717) is 34.0 Å². The van der Waals surface area contributed by atoms with E-state index in [9.17, 15) is 19.5 Å². The molecule has 5 aliphatic rings. The van der Waals surface area contributed by atoms with Gasteiger partial charge in [-0.2, -0.15) is 5.01 Å². The van der Waals surface area contributed by atoms with Crippen molar-refractivity contribution in [2.24, 2.45) is 29.6 Å². The Hall–Kier alpha value is -5.00. The topological polar surface area (TPSA) is 135 Å². The molecule has 2 aliphatic heterocycles. The number of hydrazine groups is 1. The molecule has 8 rings (SSSR count). The van der Waals surface area contributed by atoms with Crippen LogP contribution in [0.15, 0.2) is 72.3 Å². The Kier molecular flexibility index (Phi) is 10.0. The second-order valence-electron chi connectivity index (χ2n) is 15.2. The van der Waals surface area contributed by atoms with Gasteiger partial charge in [-0.1, -0.05) is 78.4 Å². The molecular formula is C43H43Cl2N3O8. The normalized spacial score (nSPS) is 27.6. The molecule has 2 heterocycles. The fraction of sp³-hybridized carbons (Fsp3) is 0.395. The van der Waals surface area contributed by atoms with Crippen LogP contribution in [0, 0.1) is 29.6 Å². The molecule has 6 atom stereocenters. The highest BCUT2D eigenvalue weighted by atomic mass is 35.5. The Labute approximate surface area is 335 Å². The highest BCUT2D eigenvalue weighted by molar-refractivity contribution is 6.36. The number of ether oxygens (including phenoxy) is 3. The minimum Gasteiger partial charge on any atom is -0.502 e. The van der Waals surface area contributed by atoms with Gasteiger partial charge in [0.05, 0.1) is 55.2 Å². The van der Waals surface area contributed by atoms with Gasteiger partial charge in [0.1, 0.15) is 5.75 Å². The van der Waals surface area contributed by atoms with Gasteiger partial charge in [-0.05, 0) is 85.2 Å². The molecule has 11 nitrogen and oxygen atoms in total. The van der Waals surface area contributed by atoms with Crippen LogP contribution in [0.1, 0.15) is 56.1 Å². The number of rotatable bonds is 9. The van der Waals surface area contributed by atoms with Crippen LogP contribution in [0.5, 0.6) is 23.0 Å². The number of hydrogen-bond donors (Lipinski definition) is 2. The fourth-order valence-electron chi connectivity index (χ4n) is 10.0. The Morgan fingerprint density at radius 2 is 1.54 bits per heavy atom. The number of methoxy groups -OCH3 is 3. The molecule has 3 aromatic rings. The van der Waals surface area contributed by atoms with Crippen molar-refractivity contribution >= 4 is 58.6 Å². The quantitative estimate of drug-likeness (QED) is 0.166. The number of imide groups is 2. The standard InChI is InChI=1S/C43H43Cl2N3O8/c1-54-27-13-10-24(11-14-27)43-31(17-9-23-19-35(55-2)38(49)36(20-23)56-3)28-15-16-29-37(41(52)47(39(29)50)26-7-5-4-6-8-26)30(28)22-32(43)40(51)48(42(43)53)46-34-18-12-25(44)21-33(34)45/h9-15,17-21,26,29-32,37,46,49H,4-8,16,22H2,1-3H3/t29-,30+,31-,32-,37-,43-/m0/s1. The molecular weight excluding hydrogens is 757 g/mol. The molecule has 0 radical (unpaired) electrons. The van der Waals surface area contributed by atoms with Crippen molar-refractivity contribution in [1.82, 2.24) is 9.91 Å². The monoisotopic (exact) mass is 799 g/mol. The Bertz CT molecular complexity index is 2140. The number of nitrogens with one attached hydrogen (secondary N) is 1. The molecule has 3 aromatic carbocycles. The molecule has 2 N–H and O–H groups in total. The summed E-state index contributed by atoms with van der Waals surface area (Å²) >= 11 is 12.8. The molecule has 292 valence electrons. The zero-order chi connectivity index (χ0) is 39.5. The third-order valence-electron chi connectivity index (χ3n) is 12.6. The van der Waals surface area contributed by atoms with Gasteiger partial charge in [-0.25, -0.2) is 0 Å². The van der Waals surface area contributed by atoms with Crippen molar-refractivity contribution in [3.63, 3.8) is 0 Å². The molecule has 3 aliphatic carbocycles. The molecule has 0 aromatic heterocycles. The number of benzene rings is 3. The van der Waals surface area contributed by atoms with E-state index in [1.54, 1.807) is 43.5 Å². The minimum atomic E-state index is -1.50.